The highest BCUT2D eigenvalue weighted by molar-refractivity contribution is 5.53. The van der Waals surface area contributed by atoms with Crippen molar-refractivity contribution >= 4 is 11.6 Å². The van der Waals surface area contributed by atoms with E-state index < -0.39 is 0 Å². The van der Waals surface area contributed by atoms with Crippen molar-refractivity contribution in [3.8, 4) is 0 Å². The lowest BCUT2D eigenvalue weighted by Gasteiger charge is -2.18. The Morgan fingerprint density at radius 1 is 1.33 bits per heavy atom. The van der Waals surface area contributed by atoms with Crippen molar-refractivity contribution < 1.29 is 4.74 Å². The Balaban J connectivity index is 1.83. The quantitative estimate of drug-likeness (QED) is 0.900. The zero-order valence-corrected chi connectivity index (χ0v) is 10.4. The summed E-state index contributed by atoms with van der Waals surface area (Å²) >= 11 is 0. The van der Waals surface area contributed by atoms with E-state index in [9.17, 15) is 0 Å². The summed E-state index contributed by atoms with van der Waals surface area (Å²) in [6, 6.07) is 10.5. The van der Waals surface area contributed by atoms with Gasteiger partial charge in [0, 0.05) is 24.7 Å². The van der Waals surface area contributed by atoms with Crippen LogP contribution in [0.15, 0.2) is 42.7 Å². The summed E-state index contributed by atoms with van der Waals surface area (Å²) in [6.45, 7) is 2.94. The van der Waals surface area contributed by atoms with Crippen LogP contribution in [0, 0.1) is 0 Å². The summed E-state index contributed by atoms with van der Waals surface area (Å²) in [4.78, 5) is 4.39. The molecule has 2 heterocycles. The summed E-state index contributed by atoms with van der Waals surface area (Å²) in [6.07, 6.45) is 5.13. The number of para-hydroxylation sites is 1. The van der Waals surface area contributed by atoms with Crippen molar-refractivity contribution in [1.29, 1.82) is 0 Å². The van der Waals surface area contributed by atoms with E-state index in [1.807, 2.05) is 42.7 Å². The number of hydrogen-bond donors (Lipinski definition) is 1. The molecule has 18 heavy (non-hydrogen) atoms. The molecule has 4 nitrogen and oxygen atoms in total. The van der Waals surface area contributed by atoms with Crippen LogP contribution < -0.4 is 5.32 Å². The van der Waals surface area contributed by atoms with Gasteiger partial charge < -0.3 is 14.6 Å². The highest BCUT2D eigenvalue weighted by Gasteiger charge is 2.27. The highest BCUT2D eigenvalue weighted by Crippen LogP contribution is 2.29. The molecule has 1 aliphatic rings. The summed E-state index contributed by atoms with van der Waals surface area (Å²) in [5.74, 6) is 0.878. The number of hydrogen-bond acceptors (Lipinski definition) is 3. The Labute approximate surface area is 107 Å². The maximum atomic E-state index is 5.62. The average molecular weight is 243 g/mol. The molecule has 2 unspecified atom stereocenters. The van der Waals surface area contributed by atoms with Gasteiger partial charge in [-0.3, -0.25) is 0 Å². The van der Waals surface area contributed by atoms with Crippen molar-refractivity contribution in [2.24, 2.45) is 0 Å². The maximum Gasteiger partial charge on any atom is 0.207 e. The van der Waals surface area contributed by atoms with Crippen LogP contribution in [0.25, 0.3) is 0 Å². The first kappa shape index (κ1) is 11.3. The van der Waals surface area contributed by atoms with Crippen molar-refractivity contribution in [3.63, 3.8) is 0 Å². The van der Waals surface area contributed by atoms with Gasteiger partial charge in [0.1, 0.15) is 0 Å². The minimum atomic E-state index is 0.246. The third-order valence-corrected chi connectivity index (χ3v) is 3.39. The SMILES string of the molecule is CC1OCCC1n1ccnc1Nc1ccccc1. The third kappa shape index (κ3) is 2.11. The van der Waals surface area contributed by atoms with E-state index in [1.54, 1.807) is 0 Å². The zero-order chi connectivity index (χ0) is 12.4. The van der Waals surface area contributed by atoms with Gasteiger partial charge in [0.2, 0.25) is 5.95 Å². The van der Waals surface area contributed by atoms with Crippen LogP contribution in [0.2, 0.25) is 0 Å². The molecular formula is C14H17N3O. The standard InChI is InChI=1S/C14H17N3O/c1-11-13(7-10-18-11)17-9-8-15-14(17)16-12-5-3-2-4-6-12/h2-6,8-9,11,13H,7,10H2,1H3,(H,15,16). The first-order valence-electron chi connectivity index (χ1n) is 6.31. The Morgan fingerprint density at radius 3 is 2.89 bits per heavy atom. The lowest BCUT2D eigenvalue weighted by atomic mass is 10.1. The molecule has 94 valence electrons. The molecule has 2 atom stereocenters. The summed E-state index contributed by atoms with van der Waals surface area (Å²) in [5, 5.41) is 3.35. The minimum Gasteiger partial charge on any atom is -0.376 e. The molecule has 0 saturated carbocycles. The van der Waals surface area contributed by atoms with Crippen LogP contribution in [0.1, 0.15) is 19.4 Å². The third-order valence-electron chi connectivity index (χ3n) is 3.39. The number of nitrogens with one attached hydrogen (secondary N) is 1. The number of anilines is 2. The van der Waals surface area contributed by atoms with Crippen molar-refractivity contribution in [2.75, 3.05) is 11.9 Å². The summed E-state index contributed by atoms with van der Waals surface area (Å²) in [7, 11) is 0. The molecule has 1 aliphatic heterocycles. The van der Waals surface area contributed by atoms with Crippen LogP contribution in [-0.2, 0) is 4.74 Å². The normalized spacial score (nSPS) is 23.2. The fourth-order valence-corrected chi connectivity index (χ4v) is 2.41. The predicted molar refractivity (Wildman–Crippen MR) is 71.0 cm³/mol. The molecule has 3 rings (SSSR count). The van der Waals surface area contributed by atoms with Crippen LogP contribution in [-0.4, -0.2) is 22.3 Å². The second kappa shape index (κ2) is 4.82. The Kier molecular flexibility index (Phi) is 3.02. The van der Waals surface area contributed by atoms with Crippen LogP contribution >= 0.6 is 0 Å². The Morgan fingerprint density at radius 2 is 2.17 bits per heavy atom. The van der Waals surface area contributed by atoms with Gasteiger partial charge in [-0.1, -0.05) is 18.2 Å². The number of nitrogens with zero attached hydrogens (tertiary/aromatic N) is 2. The van der Waals surface area contributed by atoms with E-state index in [1.165, 1.54) is 0 Å². The van der Waals surface area contributed by atoms with Gasteiger partial charge in [-0.05, 0) is 25.5 Å². The van der Waals surface area contributed by atoms with Gasteiger partial charge in [0.05, 0.1) is 12.1 Å². The fraction of sp³-hybridized carbons (Fsp3) is 0.357. The molecule has 0 amide bonds. The molecule has 0 bridgehead atoms. The highest BCUT2D eigenvalue weighted by atomic mass is 16.5. The largest absolute Gasteiger partial charge is 0.376 e. The van der Waals surface area contributed by atoms with Crippen LogP contribution in [0.3, 0.4) is 0 Å². The van der Waals surface area contributed by atoms with Gasteiger partial charge in [-0.25, -0.2) is 4.98 Å². The van der Waals surface area contributed by atoms with Crippen molar-refractivity contribution in [3.05, 3.63) is 42.7 Å². The average Bonchev–Trinajstić information content (AvgIpc) is 2.99. The zero-order valence-electron chi connectivity index (χ0n) is 10.4. The smallest absolute Gasteiger partial charge is 0.207 e. The Hall–Kier alpha value is -1.81. The van der Waals surface area contributed by atoms with Gasteiger partial charge in [-0.2, -0.15) is 0 Å². The van der Waals surface area contributed by atoms with E-state index in [-0.39, 0.29) is 6.10 Å². The first-order valence-corrected chi connectivity index (χ1v) is 6.31. The lowest BCUT2D eigenvalue weighted by Crippen LogP contribution is -2.17. The second-order valence-corrected chi connectivity index (χ2v) is 4.58. The van der Waals surface area contributed by atoms with Crippen molar-refractivity contribution in [2.45, 2.75) is 25.5 Å². The number of imidazole rings is 1. The van der Waals surface area contributed by atoms with E-state index in [4.69, 9.17) is 4.74 Å². The van der Waals surface area contributed by atoms with Crippen LogP contribution in [0.5, 0.6) is 0 Å². The molecule has 1 N–H and O–H groups in total. The summed E-state index contributed by atoms with van der Waals surface area (Å²) < 4.78 is 7.79. The van der Waals surface area contributed by atoms with E-state index in [2.05, 4.69) is 21.8 Å². The van der Waals surface area contributed by atoms with Crippen LogP contribution in [0.4, 0.5) is 11.6 Å². The monoisotopic (exact) mass is 243 g/mol. The van der Waals surface area contributed by atoms with Crippen molar-refractivity contribution in [1.82, 2.24) is 9.55 Å². The van der Waals surface area contributed by atoms with E-state index in [0.717, 1.165) is 24.7 Å². The predicted octanol–water partition coefficient (Wildman–Crippen LogP) is 2.98. The molecule has 1 saturated heterocycles. The molecular weight excluding hydrogens is 226 g/mol. The number of rotatable bonds is 3. The topological polar surface area (TPSA) is 39.1 Å². The molecule has 1 aromatic carbocycles. The maximum absolute atomic E-state index is 5.62. The van der Waals surface area contributed by atoms with E-state index in [0.29, 0.717) is 6.04 Å². The molecule has 1 fully saturated rings. The number of ether oxygens (including phenoxy) is 1. The van der Waals surface area contributed by atoms with E-state index >= 15 is 0 Å². The molecule has 0 radical (unpaired) electrons. The van der Waals surface area contributed by atoms with Gasteiger partial charge in [0.25, 0.3) is 0 Å². The minimum absolute atomic E-state index is 0.246. The Bertz CT molecular complexity index is 509. The molecule has 1 aromatic heterocycles. The number of benzene rings is 1. The summed E-state index contributed by atoms with van der Waals surface area (Å²) in [5.41, 5.74) is 1.05. The molecule has 0 aliphatic carbocycles. The molecule has 2 aromatic rings. The van der Waals surface area contributed by atoms with Gasteiger partial charge in [-0.15, -0.1) is 0 Å². The number of aromatic nitrogens is 2. The second-order valence-electron chi connectivity index (χ2n) is 4.58. The van der Waals surface area contributed by atoms with Gasteiger partial charge >= 0.3 is 0 Å². The first-order chi connectivity index (χ1) is 8.84. The van der Waals surface area contributed by atoms with Gasteiger partial charge in [0.15, 0.2) is 0 Å². The fourth-order valence-electron chi connectivity index (χ4n) is 2.41. The molecule has 0 spiro atoms. The molecule has 4 heteroatoms. The lowest BCUT2D eigenvalue weighted by molar-refractivity contribution is 0.108.